The lowest BCUT2D eigenvalue weighted by molar-refractivity contribution is 0.0949. The molecule has 2 heterocycles. The zero-order valence-electron chi connectivity index (χ0n) is 14.3. The van der Waals surface area contributed by atoms with E-state index in [1.165, 1.54) is 12.8 Å². The van der Waals surface area contributed by atoms with Crippen molar-refractivity contribution in [3.63, 3.8) is 0 Å². The summed E-state index contributed by atoms with van der Waals surface area (Å²) in [7, 11) is 0. The number of nitrogens with zero attached hydrogens (tertiary/aromatic N) is 3. The molecule has 5 heteroatoms. The predicted molar refractivity (Wildman–Crippen MR) is 95.0 cm³/mol. The number of aryl methyl sites for hydroxylation is 1. The van der Waals surface area contributed by atoms with Gasteiger partial charge in [0.15, 0.2) is 0 Å². The molecule has 1 fully saturated rings. The van der Waals surface area contributed by atoms with Gasteiger partial charge in [-0.3, -0.25) is 4.79 Å². The smallest absolute Gasteiger partial charge is 0.254 e. The van der Waals surface area contributed by atoms with Gasteiger partial charge in [-0.2, -0.15) is 0 Å². The van der Waals surface area contributed by atoms with E-state index < -0.39 is 0 Å². The van der Waals surface area contributed by atoms with Crippen LogP contribution < -0.4 is 10.2 Å². The minimum Gasteiger partial charge on any atom is -0.348 e. The first kappa shape index (κ1) is 16.4. The molecule has 1 aromatic carbocycles. The van der Waals surface area contributed by atoms with E-state index in [9.17, 15) is 4.79 Å². The molecule has 3 rings (SSSR count). The number of hydrogen-bond acceptors (Lipinski definition) is 4. The highest BCUT2D eigenvalue weighted by molar-refractivity contribution is 5.94. The van der Waals surface area contributed by atoms with E-state index in [1.54, 1.807) is 6.20 Å². The Kier molecular flexibility index (Phi) is 5.08. The van der Waals surface area contributed by atoms with Gasteiger partial charge in [0.25, 0.3) is 5.91 Å². The Morgan fingerprint density at radius 3 is 2.62 bits per heavy atom. The van der Waals surface area contributed by atoms with Crippen LogP contribution in [-0.4, -0.2) is 29.0 Å². The summed E-state index contributed by atoms with van der Waals surface area (Å²) in [5.41, 5.74) is 2.34. The third-order valence-corrected chi connectivity index (χ3v) is 4.57. The largest absolute Gasteiger partial charge is 0.348 e. The van der Waals surface area contributed by atoms with Crippen molar-refractivity contribution in [2.75, 3.05) is 18.0 Å². The molecule has 5 nitrogen and oxygen atoms in total. The zero-order valence-corrected chi connectivity index (χ0v) is 14.3. The molecule has 0 radical (unpaired) electrons. The molecule has 126 valence electrons. The quantitative estimate of drug-likeness (QED) is 0.939. The lowest BCUT2D eigenvalue weighted by atomic mass is 10.00. The van der Waals surface area contributed by atoms with Crippen molar-refractivity contribution in [1.82, 2.24) is 15.3 Å². The van der Waals surface area contributed by atoms with Crippen molar-refractivity contribution in [2.24, 2.45) is 5.92 Å². The molecule has 0 saturated carbocycles. The third-order valence-electron chi connectivity index (χ3n) is 4.57. The highest BCUT2D eigenvalue weighted by Crippen LogP contribution is 2.20. The van der Waals surface area contributed by atoms with E-state index in [4.69, 9.17) is 0 Å². The molecular weight excluding hydrogens is 300 g/mol. The number of carbonyl (C=O) groups excluding carboxylic acids is 1. The van der Waals surface area contributed by atoms with E-state index in [2.05, 4.69) is 27.1 Å². The first-order chi connectivity index (χ1) is 11.6. The second-order valence-corrected chi connectivity index (χ2v) is 6.51. The van der Waals surface area contributed by atoms with Crippen LogP contribution >= 0.6 is 0 Å². The molecule has 0 spiro atoms. The number of rotatable bonds is 4. The number of amides is 1. The molecule has 1 saturated heterocycles. The monoisotopic (exact) mass is 324 g/mol. The summed E-state index contributed by atoms with van der Waals surface area (Å²) in [4.78, 5) is 23.5. The SMILES string of the molecule is Cc1nc(N2CCC(C)CC2)ncc1C(=O)NCc1ccccc1. The molecule has 0 aliphatic carbocycles. The summed E-state index contributed by atoms with van der Waals surface area (Å²) in [6.07, 6.45) is 3.99. The van der Waals surface area contributed by atoms with Crippen LogP contribution in [0.2, 0.25) is 0 Å². The van der Waals surface area contributed by atoms with Crippen molar-refractivity contribution in [2.45, 2.75) is 33.2 Å². The van der Waals surface area contributed by atoms with Gasteiger partial charge < -0.3 is 10.2 Å². The Balaban J connectivity index is 1.64. The molecule has 0 unspecified atom stereocenters. The summed E-state index contributed by atoms with van der Waals surface area (Å²) in [6, 6.07) is 9.87. The van der Waals surface area contributed by atoms with Crippen LogP contribution in [0.25, 0.3) is 0 Å². The molecule has 24 heavy (non-hydrogen) atoms. The number of benzene rings is 1. The van der Waals surface area contributed by atoms with Gasteiger partial charge in [0, 0.05) is 25.8 Å². The molecule has 1 aliphatic heterocycles. The summed E-state index contributed by atoms with van der Waals surface area (Å²) in [5, 5.41) is 2.93. The van der Waals surface area contributed by atoms with Gasteiger partial charge in [0.05, 0.1) is 11.3 Å². The predicted octanol–water partition coefficient (Wildman–Crippen LogP) is 2.95. The Bertz CT molecular complexity index is 694. The van der Waals surface area contributed by atoms with Gasteiger partial charge in [0.1, 0.15) is 0 Å². The Morgan fingerprint density at radius 1 is 1.25 bits per heavy atom. The number of piperidine rings is 1. The highest BCUT2D eigenvalue weighted by atomic mass is 16.1. The minimum atomic E-state index is -0.129. The molecule has 2 aromatic rings. The standard InChI is InChI=1S/C19H24N4O/c1-14-8-10-23(11-9-14)19-21-13-17(15(2)22-19)18(24)20-12-16-6-4-3-5-7-16/h3-7,13-14H,8-12H2,1-2H3,(H,20,24). The first-order valence-electron chi connectivity index (χ1n) is 8.54. The highest BCUT2D eigenvalue weighted by Gasteiger charge is 2.19. The van der Waals surface area contributed by atoms with Crippen LogP contribution in [0.4, 0.5) is 5.95 Å². The molecule has 1 aliphatic rings. The van der Waals surface area contributed by atoms with Crippen molar-refractivity contribution in [3.05, 3.63) is 53.3 Å². The van der Waals surface area contributed by atoms with E-state index in [1.807, 2.05) is 37.3 Å². The molecule has 1 aromatic heterocycles. The third kappa shape index (κ3) is 3.91. The number of carbonyl (C=O) groups is 1. The summed E-state index contributed by atoms with van der Waals surface area (Å²) >= 11 is 0. The average Bonchev–Trinajstić information content (AvgIpc) is 2.61. The summed E-state index contributed by atoms with van der Waals surface area (Å²) in [5.74, 6) is 1.37. The van der Waals surface area contributed by atoms with Crippen LogP contribution in [0.15, 0.2) is 36.5 Å². The van der Waals surface area contributed by atoms with Gasteiger partial charge >= 0.3 is 0 Å². The van der Waals surface area contributed by atoms with Crippen molar-refractivity contribution in [3.8, 4) is 0 Å². The fraction of sp³-hybridized carbons (Fsp3) is 0.421. The van der Waals surface area contributed by atoms with Crippen molar-refractivity contribution < 1.29 is 4.79 Å². The molecule has 0 bridgehead atoms. The summed E-state index contributed by atoms with van der Waals surface area (Å²) in [6.45, 7) is 6.63. The van der Waals surface area contributed by atoms with Crippen LogP contribution in [0.1, 0.15) is 41.4 Å². The lowest BCUT2D eigenvalue weighted by Gasteiger charge is -2.30. The Labute approximate surface area is 143 Å². The average molecular weight is 324 g/mol. The van der Waals surface area contributed by atoms with E-state index in [0.29, 0.717) is 12.1 Å². The maximum absolute atomic E-state index is 12.4. The first-order valence-corrected chi connectivity index (χ1v) is 8.54. The van der Waals surface area contributed by atoms with Crippen LogP contribution in [0, 0.1) is 12.8 Å². The second-order valence-electron chi connectivity index (χ2n) is 6.51. The minimum absolute atomic E-state index is 0.129. The van der Waals surface area contributed by atoms with Gasteiger partial charge in [-0.05, 0) is 31.2 Å². The number of hydrogen-bond donors (Lipinski definition) is 1. The Hall–Kier alpha value is -2.43. The summed E-state index contributed by atoms with van der Waals surface area (Å²) < 4.78 is 0. The van der Waals surface area contributed by atoms with E-state index in [-0.39, 0.29) is 5.91 Å². The van der Waals surface area contributed by atoms with Crippen LogP contribution in [0.3, 0.4) is 0 Å². The van der Waals surface area contributed by atoms with E-state index in [0.717, 1.165) is 36.2 Å². The van der Waals surface area contributed by atoms with Crippen LogP contribution in [-0.2, 0) is 6.54 Å². The molecule has 0 atom stereocenters. The Morgan fingerprint density at radius 2 is 1.96 bits per heavy atom. The topological polar surface area (TPSA) is 58.1 Å². The zero-order chi connectivity index (χ0) is 16.9. The number of aromatic nitrogens is 2. The maximum atomic E-state index is 12.4. The molecular formula is C19H24N4O. The van der Waals surface area contributed by atoms with Gasteiger partial charge in [-0.25, -0.2) is 9.97 Å². The van der Waals surface area contributed by atoms with Crippen molar-refractivity contribution >= 4 is 11.9 Å². The van der Waals surface area contributed by atoms with Crippen LogP contribution in [0.5, 0.6) is 0 Å². The van der Waals surface area contributed by atoms with E-state index >= 15 is 0 Å². The molecule has 1 N–H and O–H groups in total. The normalized spacial score (nSPS) is 15.3. The lowest BCUT2D eigenvalue weighted by Crippen LogP contribution is -2.34. The number of anilines is 1. The van der Waals surface area contributed by atoms with Gasteiger partial charge in [0.2, 0.25) is 5.95 Å². The second kappa shape index (κ2) is 7.43. The van der Waals surface area contributed by atoms with Gasteiger partial charge in [-0.15, -0.1) is 0 Å². The molecule has 1 amide bonds. The van der Waals surface area contributed by atoms with Crippen molar-refractivity contribution in [1.29, 1.82) is 0 Å². The fourth-order valence-corrected chi connectivity index (χ4v) is 2.91. The fourth-order valence-electron chi connectivity index (χ4n) is 2.91. The maximum Gasteiger partial charge on any atom is 0.254 e. The van der Waals surface area contributed by atoms with Gasteiger partial charge in [-0.1, -0.05) is 37.3 Å². The number of nitrogens with one attached hydrogen (secondary N) is 1.